The molecule has 21 heavy (non-hydrogen) atoms. The van der Waals surface area contributed by atoms with Crippen LogP contribution in [-0.2, 0) is 10.0 Å². The fourth-order valence-electron chi connectivity index (χ4n) is 2.32. The number of methoxy groups -OCH3 is 2. The van der Waals surface area contributed by atoms with Crippen LogP contribution in [0, 0.1) is 0 Å². The lowest BCUT2D eigenvalue weighted by Crippen LogP contribution is -2.42. The van der Waals surface area contributed by atoms with Gasteiger partial charge in [0.25, 0.3) is 0 Å². The number of ether oxygens (including phenoxy) is 2. The van der Waals surface area contributed by atoms with Crippen LogP contribution in [0.25, 0.3) is 0 Å². The van der Waals surface area contributed by atoms with Gasteiger partial charge in [-0.05, 0) is 25.0 Å². The maximum Gasteiger partial charge on any atom is 0.250 e. The van der Waals surface area contributed by atoms with Crippen molar-refractivity contribution in [1.29, 1.82) is 0 Å². The van der Waals surface area contributed by atoms with Gasteiger partial charge in [0.2, 0.25) is 10.0 Å². The maximum absolute atomic E-state index is 12.8. The molecular weight excluding hydrogens is 316 g/mol. The third-order valence-electron chi connectivity index (χ3n) is 3.48. The first-order valence-corrected chi connectivity index (χ1v) is 7.91. The Hall–Kier alpha value is -1.02. The van der Waals surface area contributed by atoms with Gasteiger partial charge in [0.15, 0.2) is 4.90 Å². The van der Waals surface area contributed by atoms with E-state index in [1.807, 2.05) is 0 Å². The van der Waals surface area contributed by atoms with Gasteiger partial charge in [-0.3, -0.25) is 0 Å². The van der Waals surface area contributed by atoms with Crippen LogP contribution in [-0.4, -0.2) is 46.1 Å². The van der Waals surface area contributed by atoms with E-state index in [9.17, 15) is 8.42 Å². The van der Waals surface area contributed by atoms with Crippen LogP contribution in [0.2, 0.25) is 0 Å². The summed E-state index contributed by atoms with van der Waals surface area (Å²) in [6.45, 7) is 0.843. The zero-order valence-corrected chi connectivity index (χ0v) is 13.7. The van der Waals surface area contributed by atoms with E-state index in [1.165, 1.54) is 18.5 Å². The number of hydrogen-bond acceptors (Lipinski definition) is 5. The minimum absolute atomic E-state index is 0. The molecule has 1 aliphatic rings. The second kappa shape index (κ2) is 7.31. The average molecular weight is 337 g/mol. The molecule has 8 heteroatoms. The van der Waals surface area contributed by atoms with Gasteiger partial charge >= 0.3 is 0 Å². The Kier molecular flexibility index (Phi) is 6.27. The van der Waals surface area contributed by atoms with E-state index in [2.05, 4.69) is 0 Å². The number of nitrogens with zero attached hydrogens (tertiary/aromatic N) is 1. The highest BCUT2D eigenvalue weighted by Gasteiger charge is 2.33. The molecule has 1 fully saturated rings. The zero-order chi connectivity index (χ0) is 14.8. The Bertz CT molecular complexity index is 549. The molecule has 1 aromatic rings. The predicted octanol–water partition coefficient (Wildman–Crippen LogP) is 1.24. The number of benzene rings is 1. The summed E-state index contributed by atoms with van der Waals surface area (Å²) in [7, 11) is -0.754. The topological polar surface area (TPSA) is 81.9 Å². The molecule has 0 spiro atoms. The summed E-state index contributed by atoms with van der Waals surface area (Å²) in [4.78, 5) is 0.0838. The van der Waals surface area contributed by atoms with Crippen LogP contribution in [0.3, 0.4) is 0 Å². The monoisotopic (exact) mass is 336 g/mol. The first kappa shape index (κ1) is 18.0. The minimum Gasteiger partial charge on any atom is -0.495 e. The molecule has 0 unspecified atom stereocenters. The third kappa shape index (κ3) is 3.60. The van der Waals surface area contributed by atoms with Crippen LogP contribution >= 0.6 is 12.4 Å². The highest BCUT2D eigenvalue weighted by Crippen LogP contribution is 2.35. The van der Waals surface area contributed by atoms with Crippen molar-refractivity contribution in [2.45, 2.75) is 23.8 Å². The van der Waals surface area contributed by atoms with Gasteiger partial charge in [0.05, 0.1) is 14.2 Å². The summed E-state index contributed by atoms with van der Waals surface area (Å²) in [6.07, 6.45) is 1.33. The number of rotatable bonds is 4. The van der Waals surface area contributed by atoms with Crippen molar-refractivity contribution in [3.63, 3.8) is 0 Å². The van der Waals surface area contributed by atoms with Crippen LogP contribution in [0.4, 0.5) is 0 Å². The van der Waals surface area contributed by atoms with Crippen molar-refractivity contribution < 1.29 is 17.9 Å². The fourth-order valence-corrected chi connectivity index (χ4v) is 4.08. The van der Waals surface area contributed by atoms with Gasteiger partial charge in [-0.2, -0.15) is 4.31 Å². The number of hydrogen-bond donors (Lipinski definition) is 1. The molecule has 6 nitrogen and oxygen atoms in total. The second-order valence-electron chi connectivity index (χ2n) is 4.73. The highest BCUT2D eigenvalue weighted by atomic mass is 35.5. The third-order valence-corrected chi connectivity index (χ3v) is 5.44. The van der Waals surface area contributed by atoms with Crippen LogP contribution in [0.1, 0.15) is 12.8 Å². The van der Waals surface area contributed by atoms with Crippen molar-refractivity contribution >= 4 is 22.4 Å². The molecule has 0 amide bonds. The molecular formula is C13H21ClN2O4S. The second-order valence-corrected chi connectivity index (χ2v) is 6.61. The molecule has 1 aromatic carbocycles. The summed E-state index contributed by atoms with van der Waals surface area (Å²) < 4.78 is 37.3. The molecule has 1 heterocycles. The summed E-state index contributed by atoms with van der Waals surface area (Å²) >= 11 is 0. The molecule has 0 bridgehead atoms. The van der Waals surface area contributed by atoms with E-state index < -0.39 is 10.0 Å². The average Bonchev–Trinajstić information content (AvgIpc) is 2.46. The number of sulfonamides is 1. The lowest BCUT2D eigenvalue weighted by atomic mass is 10.1. The van der Waals surface area contributed by atoms with Crippen molar-refractivity contribution in [1.82, 2.24) is 4.31 Å². The smallest absolute Gasteiger partial charge is 0.250 e. The van der Waals surface area contributed by atoms with Gasteiger partial charge in [0, 0.05) is 19.1 Å². The molecule has 0 saturated carbocycles. The molecule has 2 rings (SSSR count). The first-order chi connectivity index (χ1) is 9.50. The Balaban J connectivity index is 0.00000220. The summed E-state index contributed by atoms with van der Waals surface area (Å²) in [5, 5.41) is 0. The van der Waals surface area contributed by atoms with Gasteiger partial charge in [-0.25, -0.2) is 8.42 Å². The van der Waals surface area contributed by atoms with E-state index >= 15 is 0 Å². The quantitative estimate of drug-likeness (QED) is 0.894. The van der Waals surface area contributed by atoms with Crippen LogP contribution < -0.4 is 15.2 Å². The van der Waals surface area contributed by atoms with Crippen molar-refractivity contribution in [3.05, 3.63) is 18.2 Å². The highest BCUT2D eigenvalue weighted by molar-refractivity contribution is 7.89. The van der Waals surface area contributed by atoms with E-state index in [0.717, 1.165) is 0 Å². The molecule has 0 aliphatic carbocycles. The Labute approximate surface area is 131 Å². The number of halogens is 1. The summed E-state index contributed by atoms with van der Waals surface area (Å²) in [6, 6.07) is 5.00. The van der Waals surface area contributed by atoms with Gasteiger partial charge in [-0.15, -0.1) is 12.4 Å². The molecule has 2 N–H and O–H groups in total. The molecule has 0 aromatic heterocycles. The molecule has 0 radical (unpaired) electrons. The Morgan fingerprint density at radius 2 is 1.62 bits per heavy atom. The van der Waals surface area contributed by atoms with Gasteiger partial charge in [-0.1, -0.05) is 6.07 Å². The number of piperidine rings is 1. The summed E-state index contributed by atoms with van der Waals surface area (Å²) in [5.41, 5.74) is 5.82. The summed E-state index contributed by atoms with van der Waals surface area (Å²) in [5.74, 6) is 0.582. The van der Waals surface area contributed by atoms with E-state index in [1.54, 1.807) is 18.2 Å². The Morgan fingerprint density at radius 1 is 1.14 bits per heavy atom. The van der Waals surface area contributed by atoms with E-state index in [4.69, 9.17) is 15.2 Å². The fraction of sp³-hybridized carbons (Fsp3) is 0.538. The van der Waals surface area contributed by atoms with Gasteiger partial charge < -0.3 is 15.2 Å². The van der Waals surface area contributed by atoms with Crippen molar-refractivity contribution in [3.8, 4) is 11.5 Å². The zero-order valence-electron chi connectivity index (χ0n) is 12.1. The standard InChI is InChI=1S/C13H20N2O4S.ClH/c1-18-11-4-3-5-12(19-2)13(11)20(16,17)15-8-6-10(14)7-9-15;/h3-5,10H,6-9,14H2,1-2H3;1H. The van der Waals surface area contributed by atoms with Gasteiger partial charge in [0.1, 0.15) is 11.5 Å². The SMILES string of the molecule is COc1cccc(OC)c1S(=O)(=O)N1CCC(N)CC1.Cl. The van der Waals surface area contributed by atoms with E-state index in [0.29, 0.717) is 37.4 Å². The largest absolute Gasteiger partial charge is 0.495 e. The molecule has 120 valence electrons. The number of nitrogens with two attached hydrogens (primary N) is 1. The van der Waals surface area contributed by atoms with Crippen molar-refractivity contribution in [2.24, 2.45) is 5.73 Å². The minimum atomic E-state index is -3.64. The predicted molar refractivity (Wildman–Crippen MR) is 82.8 cm³/mol. The maximum atomic E-state index is 12.8. The molecule has 0 atom stereocenters. The van der Waals surface area contributed by atoms with Crippen molar-refractivity contribution in [2.75, 3.05) is 27.3 Å². The molecule has 1 saturated heterocycles. The van der Waals surface area contributed by atoms with Crippen LogP contribution in [0.5, 0.6) is 11.5 Å². The first-order valence-electron chi connectivity index (χ1n) is 6.47. The molecule has 1 aliphatic heterocycles. The lowest BCUT2D eigenvalue weighted by molar-refractivity contribution is 0.314. The Morgan fingerprint density at radius 3 is 2.05 bits per heavy atom. The lowest BCUT2D eigenvalue weighted by Gasteiger charge is -2.30. The van der Waals surface area contributed by atoms with Crippen LogP contribution in [0.15, 0.2) is 23.1 Å². The normalized spacial score (nSPS) is 17.1. The van der Waals surface area contributed by atoms with E-state index in [-0.39, 0.29) is 23.3 Å².